The van der Waals surface area contributed by atoms with Gasteiger partial charge in [0.1, 0.15) is 0 Å². The second kappa shape index (κ2) is 6.62. The minimum absolute atomic E-state index is 0.0286. The van der Waals surface area contributed by atoms with E-state index in [-0.39, 0.29) is 17.1 Å². The van der Waals surface area contributed by atoms with Crippen molar-refractivity contribution in [2.24, 2.45) is 0 Å². The zero-order valence-corrected chi connectivity index (χ0v) is 14.3. The number of fused-ring (bicyclic) bond motifs is 1. The lowest BCUT2D eigenvalue weighted by atomic mass is 10.0. The first-order valence-electron chi connectivity index (χ1n) is 7.57. The predicted octanol–water partition coefficient (Wildman–Crippen LogP) is 3.57. The average molecular weight is 356 g/mol. The molecule has 0 spiro atoms. The molecule has 0 unspecified atom stereocenters. The molecule has 0 amide bonds. The van der Waals surface area contributed by atoms with E-state index < -0.39 is 14.9 Å². The molecular formula is C18H16N2O4S. The van der Waals surface area contributed by atoms with E-state index >= 15 is 0 Å². The zero-order valence-electron chi connectivity index (χ0n) is 13.5. The lowest BCUT2D eigenvalue weighted by Gasteiger charge is -2.18. The summed E-state index contributed by atoms with van der Waals surface area (Å²) in [6, 6.07) is 18.4. The van der Waals surface area contributed by atoms with Gasteiger partial charge in [-0.05, 0) is 28.5 Å². The molecule has 0 aromatic heterocycles. The lowest BCUT2D eigenvalue weighted by molar-refractivity contribution is -0.384. The van der Waals surface area contributed by atoms with Crippen molar-refractivity contribution in [1.29, 1.82) is 0 Å². The highest BCUT2D eigenvalue weighted by atomic mass is 32.2. The van der Waals surface area contributed by atoms with Crippen LogP contribution in [0.4, 0.5) is 5.69 Å². The van der Waals surface area contributed by atoms with E-state index in [0.717, 1.165) is 16.3 Å². The molecule has 3 aromatic rings. The summed E-state index contributed by atoms with van der Waals surface area (Å²) in [5.74, 6) is 0. The second-order valence-electron chi connectivity index (χ2n) is 5.65. The Labute approximate surface area is 145 Å². The quantitative estimate of drug-likeness (QED) is 0.517. The normalized spacial score (nSPS) is 11.8. The number of non-ortho nitro benzene ring substituents is 1. The number of nitro groups is 1. The van der Waals surface area contributed by atoms with E-state index in [1.165, 1.54) is 35.6 Å². The third-order valence-electron chi connectivity index (χ3n) is 4.03. The molecule has 0 atom stereocenters. The van der Waals surface area contributed by atoms with Gasteiger partial charge >= 0.3 is 0 Å². The molecule has 0 N–H and O–H groups in total. The highest BCUT2D eigenvalue weighted by molar-refractivity contribution is 7.89. The van der Waals surface area contributed by atoms with Gasteiger partial charge in [-0.1, -0.05) is 42.5 Å². The fraction of sp³-hybridized carbons (Fsp3) is 0.111. The van der Waals surface area contributed by atoms with Gasteiger partial charge in [-0.15, -0.1) is 0 Å². The summed E-state index contributed by atoms with van der Waals surface area (Å²) in [7, 11) is -2.24. The number of hydrogen-bond donors (Lipinski definition) is 0. The standard InChI is InChI=1S/C18H16N2O4S/c1-19(13-15-7-4-6-14-5-2-3-8-18(14)15)25(23,24)17-11-9-16(10-12-17)20(21)22/h2-12H,13H2,1H3. The van der Waals surface area contributed by atoms with Gasteiger partial charge in [-0.3, -0.25) is 10.1 Å². The van der Waals surface area contributed by atoms with Crippen molar-refractivity contribution < 1.29 is 13.3 Å². The smallest absolute Gasteiger partial charge is 0.258 e. The van der Waals surface area contributed by atoms with Gasteiger partial charge < -0.3 is 0 Å². The number of benzene rings is 3. The van der Waals surface area contributed by atoms with Gasteiger partial charge in [0.25, 0.3) is 5.69 Å². The van der Waals surface area contributed by atoms with Crippen LogP contribution in [-0.4, -0.2) is 24.7 Å². The Kier molecular flexibility index (Phi) is 4.52. The third kappa shape index (κ3) is 3.38. The van der Waals surface area contributed by atoms with Crippen LogP contribution in [0.2, 0.25) is 0 Å². The minimum Gasteiger partial charge on any atom is -0.258 e. The molecular weight excluding hydrogens is 340 g/mol. The monoisotopic (exact) mass is 356 g/mol. The van der Waals surface area contributed by atoms with E-state index in [4.69, 9.17) is 0 Å². The first-order chi connectivity index (χ1) is 11.9. The summed E-state index contributed by atoms with van der Waals surface area (Å²) in [5.41, 5.74) is 0.752. The Morgan fingerprint density at radius 2 is 1.60 bits per heavy atom. The van der Waals surface area contributed by atoms with Crippen molar-refractivity contribution in [3.8, 4) is 0 Å². The van der Waals surface area contributed by atoms with E-state index in [2.05, 4.69) is 0 Å². The molecule has 25 heavy (non-hydrogen) atoms. The maximum absolute atomic E-state index is 12.7. The largest absolute Gasteiger partial charge is 0.269 e. The Balaban J connectivity index is 1.91. The molecule has 0 saturated heterocycles. The van der Waals surface area contributed by atoms with Crippen LogP contribution >= 0.6 is 0 Å². The summed E-state index contributed by atoms with van der Waals surface area (Å²) in [6.45, 7) is 0.209. The lowest BCUT2D eigenvalue weighted by Crippen LogP contribution is -2.26. The van der Waals surface area contributed by atoms with Crippen molar-refractivity contribution in [3.05, 3.63) is 82.4 Å². The molecule has 6 nitrogen and oxygen atoms in total. The summed E-state index contributed by atoms with van der Waals surface area (Å²) in [4.78, 5) is 10.2. The SMILES string of the molecule is CN(Cc1cccc2ccccc12)S(=O)(=O)c1ccc([N+](=O)[O-])cc1. The number of nitrogens with zero attached hydrogens (tertiary/aromatic N) is 2. The molecule has 0 aliphatic rings. The summed E-state index contributed by atoms with van der Waals surface area (Å²) >= 11 is 0. The van der Waals surface area contributed by atoms with Gasteiger partial charge in [-0.25, -0.2) is 8.42 Å². The maximum Gasteiger partial charge on any atom is 0.269 e. The Morgan fingerprint density at radius 1 is 0.960 bits per heavy atom. The Bertz CT molecular complexity index is 1030. The second-order valence-corrected chi connectivity index (χ2v) is 7.70. The van der Waals surface area contributed by atoms with Crippen LogP contribution < -0.4 is 0 Å². The summed E-state index contributed by atoms with van der Waals surface area (Å²) < 4.78 is 26.7. The minimum atomic E-state index is -3.74. The molecule has 7 heteroatoms. The number of nitro benzene ring substituents is 1. The van der Waals surface area contributed by atoms with Crippen LogP contribution in [0, 0.1) is 10.1 Å². The fourth-order valence-electron chi connectivity index (χ4n) is 2.68. The zero-order chi connectivity index (χ0) is 18.0. The number of sulfonamides is 1. The van der Waals surface area contributed by atoms with E-state index in [0.29, 0.717) is 0 Å². The maximum atomic E-state index is 12.7. The molecule has 0 radical (unpaired) electrons. The first-order valence-corrected chi connectivity index (χ1v) is 9.01. The van der Waals surface area contributed by atoms with Crippen LogP contribution in [0.5, 0.6) is 0 Å². The van der Waals surface area contributed by atoms with Crippen LogP contribution in [0.3, 0.4) is 0 Å². The van der Waals surface area contributed by atoms with Crippen molar-refractivity contribution >= 4 is 26.5 Å². The van der Waals surface area contributed by atoms with Crippen molar-refractivity contribution in [2.75, 3.05) is 7.05 Å². The molecule has 128 valence electrons. The molecule has 0 aliphatic heterocycles. The molecule has 3 rings (SSSR count). The third-order valence-corrected chi connectivity index (χ3v) is 5.85. The molecule has 0 bridgehead atoms. The van der Waals surface area contributed by atoms with E-state index in [9.17, 15) is 18.5 Å². The number of rotatable bonds is 5. The fourth-order valence-corrected chi connectivity index (χ4v) is 3.82. The average Bonchev–Trinajstić information content (AvgIpc) is 2.62. The summed E-state index contributed by atoms with van der Waals surface area (Å²) in [5, 5.41) is 12.7. The van der Waals surface area contributed by atoms with Crippen LogP contribution in [0.15, 0.2) is 71.6 Å². The Hall–Kier alpha value is -2.77. The predicted molar refractivity (Wildman–Crippen MR) is 95.7 cm³/mol. The van der Waals surface area contributed by atoms with Crippen molar-refractivity contribution in [3.63, 3.8) is 0 Å². The van der Waals surface area contributed by atoms with Crippen LogP contribution in [-0.2, 0) is 16.6 Å². The van der Waals surface area contributed by atoms with Crippen LogP contribution in [0.25, 0.3) is 10.8 Å². The highest BCUT2D eigenvalue weighted by Crippen LogP contribution is 2.23. The highest BCUT2D eigenvalue weighted by Gasteiger charge is 2.22. The van der Waals surface area contributed by atoms with Crippen molar-refractivity contribution in [2.45, 2.75) is 11.4 Å². The number of hydrogen-bond acceptors (Lipinski definition) is 4. The summed E-state index contributed by atoms with van der Waals surface area (Å²) in [6.07, 6.45) is 0. The van der Waals surface area contributed by atoms with E-state index in [1.54, 1.807) is 0 Å². The van der Waals surface area contributed by atoms with Crippen molar-refractivity contribution in [1.82, 2.24) is 4.31 Å². The topological polar surface area (TPSA) is 80.5 Å². The Morgan fingerprint density at radius 3 is 2.28 bits per heavy atom. The molecule has 3 aromatic carbocycles. The van der Waals surface area contributed by atoms with Crippen LogP contribution in [0.1, 0.15) is 5.56 Å². The van der Waals surface area contributed by atoms with Gasteiger partial charge in [-0.2, -0.15) is 4.31 Å². The van der Waals surface area contributed by atoms with Gasteiger partial charge in [0, 0.05) is 25.7 Å². The van der Waals surface area contributed by atoms with Gasteiger partial charge in [0.2, 0.25) is 10.0 Å². The molecule has 0 heterocycles. The molecule has 0 fully saturated rings. The molecule has 0 saturated carbocycles. The van der Waals surface area contributed by atoms with Gasteiger partial charge in [0.15, 0.2) is 0 Å². The first kappa shape index (κ1) is 17.1. The van der Waals surface area contributed by atoms with Gasteiger partial charge in [0.05, 0.1) is 9.82 Å². The van der Waals surface area contributed by atoms with E-state index in [1.807, 2.05) is 42.5 Å². The molecule has 0 aliphatic carbocycles.